The second kappa shape index (κ2) is 6.95. The van der Waals surface area contributed by atoms with Crippen LogP contribution >= 0.6 is 0 Å². The summed E-state index contributed by atoms with van der Waals surface area (Å²) in [4.78, 5) is 0. The van der Waals surface area contributed by atoms with E-state index in [1.54, 1.807) is 38.1 Å². The first-order valence-electron chi connectivity index (χ1n) is 6.06. The number of nitriles is 1. The van der Waals surface area contributed by atoms with E-state index in [0.717, 1.165) is 5.56 Å². The number of sulfonamides is 1. The van der Waals surface area contributed by atoms with Gasteiger partial charge in [0.2, 0.25) is 10.0 Å². The predicted molar refractivity (Wildman–Crippen MR) is 77.4 cm³/mol. The zero-order valence-corrected chi connectivity index (χ0v) is 12.2. The number of hydrogen-bond donors (Lipinski definition) is 2. The average molecular weight is 292 g/mol. The number of anilines is 1. The minimum atomic E-state index is -3.71. The summed E-state index contributed by atoms with van der Waals surface area (Å²) in [6, 6.07) is 6.66. The van der Waals surface area contributed by atoms with Gasteiger partial charge in [-0.25, -0.2) is 8.42 Å². The van der Waals surface area contributed by atoms with Gasteiger partial charge >= 0.3 is 0 Å². The molecular formula is C14H16N2O3S. The maximum atomic E-state index is 11.9. The molecule has 0 heterocycles. The number of benzene rings is 1. The van der Waals surface area contributed by atoms with E-state index in [1.165, 1.54) is 0 Å². The Bertz CT molecular complexity index is 679. The third kappa shape index (κ3) is 3.99. The van der Waals surface area contributed by atoms with Gasteiger partial charge in [0.05, 0.1) is 6.07 Å². The van der Waals surface area contributed by atoms with E-state index in [1.807, 2.05) is 0 Å². The lowest BCUT2D eigenvalue weighted by Crippen LogP contribution is -2.25. The number of aliphatic hydroxyl groups excluding tert-OH is 1. The molecule has 0 aromatic heterocycles. The minimum absolute atomic E-state index is 0.227. The van der Waals surface area contributed by atoms with Gasteiger partial charge in [0.25, 0.3) is 0 Å². The Hall–Kier alpha value is -2.02. The maximum absolute atomic E-state index is 11.9. The molecule has 5 nitrogen and oxygen atoms in total. The number of nitrogens with zero attached hydrogens (tertiary/aromatic N) is 1. The molecular weight excluding hydrogens is 276 g/mol. The number of nitrogens with one attached hydrogen (secondary N) is 1. The normalized spacial score (nSPS) is 11.9. The zero-order chi connectivity index (χ0) is 15.2. The number of aliphatic hydroxyl groups is 1. The van der Waals surface area contributed by atoms with Crippen LogP contribution in [0.1, 0.15) is 24.5 Å². The number of aryl methyl sites for hydroxylation is 1. The highest BCUT2D eigenvalue weighted by molar-refractivity contribution is 7.93. The topological polar surface area (TPSA) is 90.2 Å². The lowest BCUT2D eigenvalue weighted by atomic mass is 10.1. The van der Waals surface area contributed by atoms with E-state index >= 15 is 0 Å². The lowest BCUT2D eigenvalue weighted by molar-refractivity contribution is 0.350. The van der Waals surface area contributed by atoms with Crippen LogP contribution in [-0.4, -0.2) is 25.4 Å². The fourth-order valence-electron chi connectivity index (χ4n) is 1.62. The lowest BCUT2D eigenvalue weighted by Gasteiger charge is -2.12. The maximum Gasteiger partial charge on any atom is 0.249 e. The summed E-state index contributed by atoms with van der Waals surface area (Å²) >= 11 is 0. The summed E-state index contributed by atoms with van der Waals surface area (Å²) in [7, 11) is -3.71. The van der Waals surface area contributed by atoms with Gasteiger partial charge < -0.3 is 5.11 Å². The standard InChI is InChI=1S/C14H16N2O3S/c1-3-14(10-15)20(18,19)16-13-7-6-12(5-4-8-17)11(2)9-13/h6-7,9,14,16-17H,3,8H2,1-2H3. The van der Waals surface area contributed by atoms with E-state index in [-0.39, 0.29) is 13.0 Å². The summed E-state index contributed by atoms with van der Waals surface area (Å²) in [5.41, 5.74) is 1.90. The molecule has 0 spiro atoms. The minimum Gasteiger partial charge on any atom is -0.384 e. The highest BCUT2D eigenvalue weighted by Gasteiger charge is 2.23. The van der Waals surface area contributed by atoms with Gasteiger partial charge in [0.1, 0.15) is 6.61 Å². The fourth-order valence-corrected chi connectivity index (χ4v) is 2.79. The Labute approximate surface area is 119 Å². The van der Waals surface area contributed by atoms with Gasteiger partial charge in [-0.15, -0.1) is 0 Å². The molecule has 0 aliphatic rings. The summed E-state index contributed by atoms with van der Waals surface area (Å²) < 4.78 is 26.3. The van der Waals surface area contributed by atoms with E-state index in [4.69, 9.17) is 10.4 Å². The Kier molecular flexibility index (Phi) is 5.57. The van der Waals surface area contributed by atoms with Crippen molar-refractivity contribution in [2.75, 3.05) is 11.3 Å². The Balaban J connectivity index is 3.01. The molecule has 1 rings (SSSR count). The fraction of sp³-hybridized carbons (Fsp3) is 0.357. The summed E-state index contributed by atoms with van der Waals surface area (Å²) in [5.74, 6) is 5.30. The van der Waals surface area contributed by atoms with Gasteiger partial charge in [-0.05, 0) is 37.1 Å². The second-order valence-electron chi connectivity index (χ2n) is 4.16. The number of rotatable bonds is 4. The van der Waals surface area contributed by atoms with Gasteiger partial charge in [-0.2, -0.15) is 5.26 Å². The van der Waals surface area contributed by atoms with Crippen molar-refractivity contribution in [3.63, 3.8) is 0 Å². The molecule has 0 amide bonds. The first-order valence-corrected chi connectivity index (χ1v) is 7.60. The van der Waals surface area contributed by atoms with E-state index in [2.05, 4.69) is 16.6 Å². The van der Waals surface area contributed by atoms with E-state index < -0.39 is 15.3 Å². The van der Waals surface area contributed by atoms with Crippen LogP contribution in [0, 0.1) is 30.1 Å². The number of hydrogen-bond acceptors (Lipinski definition) is 4. The second-order valence-corrected chi connectivity index (χ2v) is 6.03. The van der Waals surface area contributed by atoms with Crippen molar-refractivity contribution < 1.29 is 13.5 Å². The molecule has 0 aliphatic heterocycles. The molecule has 0 radical (unpaired) electrons. The smallest absolute Gasteiger partial charge is 0.249 e. The first-order chi connectivity index (χ1) is 9.44. The Morgan fingerprint density at radius 1 is 1.45 bits per heavy atom. The molecule has 0 saturated heterocycles. The van der Waals surface area contributed by atoms with Crippen LogP contribution in [0.5, 0.6) is 0 Å². The molecule has 20 heavy (non-hydrogen) atoms. The van der Waals surface area contributed by atoms with Gasteiger partial charge in [0.15, 0.2) is 5.25 Å². The van der Waals surface area contributed by atoms with Crippen molar-refractivity contribution in [1.29, 1.82) is 5.26 Å². The van der Waals surface area contributed by atoms with Crippen LogP contribution in [0.2, 0.25) is 0 Å². The molecule has 6 heteroatoms. The van der Waals surface area contributed by atoms with Crippen molar-refractivity contribution in [1.82, 2.24) is 0 Å². The molecule has 1 unspecified atom stereocenters. The third-order valence-electron chi connectivity index (χ3n) is 2.68. The third-order valence-corrected chi connectivity index (χ3v) is 4.39. The first kappa shape index (κ1) is 16.0. The molecule has 0 fully saturated rings. The van der Waals surface area contributed by atoms with Crippen molar-refractivity contribution in [2.45, 2.75) is 25.5 Å². The quantitative estimate of drug-likeness (QED) is 0.820. The van der Waals surface area contributed by atoms with Gasteiger partial charge in [0, 0.05) is 11.3 Å². The molecule has 2 N–H and O–H groups in total. The van der Waals surface area contributed by atoms with Crippen LogP contribution in [0.15, 0.2) is 18.2 Å². The summed E-state index contributed by atoms with van der Waals surface area (Å²) in [6.07, 6.45) is 0.227. The van der Waals surface area contributed by atoms with Gasteiger partial charge in [-0.1, -0.05) is 18.8 Å². The van der Waals surface area contributed by atoms with E-state index in [0.29, 0.717) is 11.3 Å². The van der Waals surface area contributed by atoms with Crippen molar-refractivity contribution in [3.8, 4) is 17.9 Å². The van der Waals surface area contributed by atoms with Gasteiger partial charge in [-0.3, -0.25) is 4.72 Å². The molecule has 1 aromatic rings. The van der Waals surface area contributed by atoms with E-state index in [9.17, 15) is 8.42 Å². The molecule has 1 aromatic carbocycles. The van der Waals surface area contributed by atoms with Crippen LogP contribution in [-0.2, 0) is 10.0 Å². The van der Waals surface area contributed by atoms with Crippen LogP contribution < -0.4 is 4.72 Å². The Morgan fingerprint density at radius 3 is 2.65 bits per heavy atom. The SMILES string of the molecule is CCC(C#N)S(=O)(=O)Nc1ccc(C#CCO)c(C)c1. The van der Waals surface area contributed by atoms with Crippen LogP contribution in [0.25, 0.3) is 0 Å². The van der Waals surface area contributed by atoms with Crippen LogP contribution in [0.3, 0.4) is 0 Å². The van der Waals surface area contributed by atoms with Crippen LogP contribution in [0.4, 0.5) is 5.69 Å². The molecule has 0 aliphatic carbocycles. The van der Waals surface area contributed by atoms with Crippen molar-refractivity contribution in [3.05, 3.63) is 29.3 Å². The molecule has 0 saturated carbocycles. The average Bonchev–Trinajstić information content (AvgIpc) is 2.38. The molecule has 106 valence electrons. The summed E-state index contributed by atoms with van der Waals surface area (Å²) in [6.45, 7) is 3.21. The highest BCUT2D eigenvalue weighted by Crippen LogP contribution is 2.17. The monoisotopic (exact) mass is 292 g/mol. The largest absolute Gasteiger partial charge is 0.384 e. The molecule has 1 atom stereocenters. The zero-order valence-electron chi connectivity index (χ0n) is 11.3. The van der Waals surface area contributed by atoms with Crippen molar-refractivity contribution in [2.24, 2.45) is 0 Å². The summed E-state index contributed by atoms with van der Waals surface area (Å²) in [5, 5.41) is 16.4. The predicted octanol–water partition coefficient (Wildman–Crippen LogP) is 1.38. The van der Waals surface area contributed by atoms with Crippen molar-refractivity contribution >= 4 is 15.7 Å². The Morgan fingerprint density at radius 2 is 2.15 bits per heavy atom. The highest BCUT2D eigenvalue weighted by atomic mass is 32.2. The molecule has 0 bridgehead atoms.